The van der Waals surface area contributed by atoms with Crippen LogP contribution in [0.4, 0.5) is 4.79 Å². The average molecular weight is 249 g/mol. The quantitative estimate of drug-likeness (QED) is 0.872. The summed E-state index contributed by atoms with van der Waals surface area (Å²) in [5.74, 6) is 0. The highest BCUT2D eigenvalue weighted by atomic mass is 16.6. The maximum Gasteiger partial charge on any atom is 0.415 e. The normalized spacial score (nSPS) is 19.1. The molecule has 1 aliphatic rings. The molecule has 1 aromatic rings. The Morgan fingerprint density at radius 3 is 2.50 bits per heavy atom. The highest BCUT2D eigenvalue weighted by molar-refractivity contribution is 5.74. The number of amides is 1. The minimum Gasteiger partial charge on any atom is -0.423 e. The van der Waals surface area contributed by atoms with Gasteiger partial charge in [-0.15, -0.1) is 0 Å². The molecule has 2 rings (SSSR count). The van der Waals surface area contributed by atoms with E-state index in [2.05, 4.69) is 0 Å². The molecule has 1 unspecified atom stereocenters. The molecule has 0 saturated carbocycles. The first-order valence-electron chi connectivity index (χ1n) is 6.24. The highest BCUT2D eigenvalue weighted by Gasteiger charge is 2.49. The number of hydrogen-bond donors (Lipinski definition) is 1. The summed E-state index contributed by atoms with van der Waals surface area (Å²) in [5, 5.41) is 9.00. The van der Waals surface area contributed by atoms with Crippen LogP contribution < -0.4 is 0 Å². The molecular weight excluding hydrogens is 230 g/mol. The maximum absolute atomic E-state index is 11.7. The van der Waals surface area contributed by atoms with E-state index in [0.717, 1.165) is 12.0 Å². The van der Waals surface area contributed by atoms with Crippen molar-refractivity contribution >= 4 is 6.09 Å². The number of nitrogens with zero attached hydrogens (tertiary/aromatic N) is 1. The van der Waals surface area contributed by atoms with Gasteiger partial charge >= 0.3 is 6.09 Å². The van der Waals surface area contributed by atoms with Crippen molar-refractivity contribution in [3.05, 3.63) is 35.9 Å². The zero-order valence-electron chi connectivity index (χ0n) is 10.8. The minimum absolute atomic E-state index is 0.0328. The van der Waals surface area contributed by atoms with E-state index in [9.17, 15) is 4.79 Å². The van der Waals surface area contributed by atoms with Crippen molar-refractivity contribution in [2.24, 2.45) is 0 Å². The van der Waals surface area contributed by atoms with E-state index in [1.54, 1.807) is 4.90 Å². The van der Waals surface area contributed by atoms with E-state index in [4.69, 9.17) is 9.84 Å². The SMILES string of the molecule is CC1(C)OC(=O)N1C(CCCO)c1ccccc1. The molecule has 1 saturated heterocycles. The Kier molecular flexibility index (Phi) is 3.57. The lowest BCUT2D eigenvalue weighted by atomic mass is 9.97. The number of rotatable bonds is 5. The molecule has 1 aliphatic heterocycles. The Morgan fingerprint density at radius 1 is 1.33 bits per heavy atom. The molecule has 0 aliphatic carbocycles. The van der Waals surface area contributed by atoms with Crippen LogP contribution in [0.15, 0.2) is 30.3 Å². The van der Waals surface area contributed by atoms with E-state index < -0.39 is 5.72 Å². The van der Waals surface area contributed by atoms with Crippen LogP contribution in [0.25, 0.3) is 0 Å². The van der Waals surface area contributed by atoms with Crippen LogP contribution in [-0.2, 0) is 4.74 Å². The molecule has 0 radical (unpaired) electrons. The summed E-state index contributed by atoms with van der Waals surface area (Å²) in [7, 11) is 0. The first kappa shape index (κ1) is 12.9. The zero-order valence-corrected chi connectivity index (χ0v) is 10.8. The summed E-state index contributed by atoms with van der Waals surface area (Å²) in [5.41, 5.74) is 0.517. The highest BCUT2D eigenvalue weighted by Crippen LogP contribution is 2.39. The molecule has 0 aromatic heterocycles. The number of ether oxygens (including phenoxy) is 1. The third kappa shape index (κ3) is 2.34. The Bertz CT molecular complexity index is 416. The van der Waals surface area contributed by atoms with Gasteiger partial charge in [0.05, 0.1) is 6.04 Å². The minimum atomic E-state index is -0.562. The molecule has 1 heterocycles. The van der Waals surface area contributed by atoms with Gasteiger partial charge < -0.3 is 9.84 Å². The van der Waals surface area contributed by atoms with Gasteiger partial charge in [0.15, 0.2) is 5.72 Å². The molecule has 1 fully saturated rings. The van der Waals surface area contributed by atoms with Crippen molar-refractivity contribution in [2.75, 3.05) is 6.61 Å². The number of carbonyl (C=O) groups is 1. The number of aliphatic hydroxyl groups excluding tert-OH is 1. The lowest BCUT2D eigenvalue weighted by Gasteiger charge is -2.50. The van der Waals surface area contributed by atoms with Gasteiger partial charge in [-0.1, -0.05) is 30.3 Å². The van der Waals surface area contributed by atoms with Gasteiger partial charge in [0.2, 0.25) is 0 Å². The van der Waals surface area contributed by atoms with Crippen LogP contribution in [0.3, 0.4) is 0 Å². The van der Waals surface area contributed by atoms with Crippen molar-refractivity contribution in [3.8, 4) is 0 Å². The first-order valence-corrected chi connectivity index (χ1v) is 6.24. The third-order valence-electron chi connectivity index (χ3n) is 3.25. The van der Waals surface area contributed by atoms with Crippen LogP contribution in [0.2, 0.25) is 0 Å². The van der Waals surface area contributed by atoms with Gasteiger partial charge in [0, 0.05) is 6.61 Å². The Hall–Kier alpha value is -1.55. The van der Waals surface area contributed by atoms with Gasteiger partial charge in [-0.05, 0) is 32.3 Å². The van der Waals surface area contributed by atoms with E-state index >= 15 is 0 Å². The fraction of sp³-hybridized carbons (Fsp3) is 0.500. The summed E-state index contributed by atoms with van der Waals surface area (Å²) >= 11 is 0. The number of aliphatic hydroxyl groups is 1. The van der Waals surface area contributed by atoms with Gasteiger partial charge in [-0.3, -0.25) is 4.90 Å². The molecule has 1 N–H and O–H groups in total. The second kappa shape index (κ2) is 4.98. The molecule has 1 atom stereocenters. The average Bonchev–Trinajstić information content (AvgIpc) is 2.34. The number of hydrogen-bond acceptors (Lipinski definition) is 3. The number of benzene rings is 1. The fourth-order valence-electron chi connectivity index (χ4n) is 2.40. The van der Waals surface area contributed by atoms with Crippen molar-refractivity contribution in [1.29, 1.82) is 0 Å². The van der Waals surface area contributed by atoms with Crippen molar-refractivity contribution in [3.63, 3.8) is 0 Å². The maximum atomic E-state index is 11.7. The van der Waals surface area contributed by atoms with Crippen molar-refractivity contribution in [1.82, 2.24) is 4.90 Å². The molecule has 0 bridgehead atoms. The predicted octanol–water partition coefficient (Wildman–Crippen LogP) is 2.69. The summed E-state index contributed by atoms with van der Waals surface area (Å²) in [6.45, 7) is 3.89. The summed E-state index contributed by atoms with van der Waals surface area (Å²) in [6.07, 6.45) is 1.12. The van der Waals surface area contributed by atoms with E-state index in [1.165, 1.54) is 0 Å². The van der Waals surface area contributed by atoms with Crippen molar-refractivity contribution < 1.29 is 14.6 Å². The summed E-state index contributed by atoms with van der Waals surface area (Å²) in [6, 6.07) is 9.84. The third-order valence-corrected chi connectivity index (χ3v) is 3.25. The van der Waals surface area contributed by atoms with Crippen LogP contribution in [0.1, 0.15) is 38.3 Å². The topological polar surface area (TPSA) is 49.8 Å². The molecule has 98 valence electrons. The lowest BCUT2D eigenvalue weighted by molar-refractivity contribution is -0.182. The second-order valence-electron chi connectivity index (χ2n) is 4.98. The Labute approximate surface area is 107 Å². The zero-order chi connectivity index (χ0) is 13.2. The smallest absolute Gasteiger partial charge is 0.415 e. The van der Waals surface area contributed by atoms with E-state index in [0.29, 0.717) is 6.42 Å². The lowest BCUT2D eigenvalue weighted by Crippen LogP contribution is -2.62. The molecule has 1 aromatic carbocycles. The van der Waals surface area contributed by atoms with Crippen LogP contribution in [-0.4, -0.2) is 28.4 Å². The fourth-order valence-corrected chi connectivity index (χ4v) is 2.40. The second-order valence-corrected chi connectivity index (χ2v) is 4.98. The van der Waals surface area contributed by atoms with E-state index in [-0.39, 0.29) is 18.7 Å². The van der Waals surface area contributed by atoms with Crippen LogP contribution in [0, 0.1) is 0 Å². The van der Waals surface area contributed by atoms with Crippen LogP contribution in [0.5, 0.6) is 0 Å². The Morgan fingerprint density at radius 2 is 2.00 bits per heavy atom. The standard InChI is InChI=1S/C14H19NO3/c1-14(2)15(13(17)18-14)12(9-6-10-16)11-7-4-3-5-8-11/h3-5,7-8,12,16H,6,9-10H2,1-2H3. The first-order chi connectivity index (χ1) is 8.56. The predicted molar refractivity (Wildman–Crippen MR) is 67.9 cm³/mol. The van der Waals surface area contributed by atoms with Crippen molar-refractivity contribution in [2.45, 2.75) is 38.5 Å². The molecular formula is C14H19NO3. The molecule has 1 amide bonds. The van der Waals surface area contributed by atoms with Gasteiger partial charge in [0.1, 0.15) is 0 Å². The van der Waals surface area contributed by atoms with Gasteiger partial charge in [-0.2, -0.15) is 0 Å². The van der Waals surface area contributed by atoms with Gasteiger partial charge in [0.25, 0.3) is 0 Å². The summed E-state index contributed by atoms with van der Waals surface area (Å²) < 4.78 is 5.15. The summed E-state index contributed by atoms with van der Waals surface area (Å²) in [4.78, 5) is 13.4. The molecule has 4 nitrogen and oxygen atoms in total. The molecule has 0 spiro atoms. The van der Waals surface area contributed by atoms with Crippen LogP contribution >= 0.6 is 0 Å². The van der Waals surface area contributed by atoms with E-state index in [1.807, 2.05) is 44.2 Å². The Balaban J connectivity index is 2.23. The largest absolute Gasteiger partial charge is 0.423 e. The monoisotopic (exact) mass is 249 g/mol. The molecule has 18 heavy (non-hydrogen) atoms. The molecule has 4 heteroatoms. The van der Waals surface area contributed by atoms with Gasteiger partial charge in [-0.25, -0.2) is 4.79 Å². The number of carbonyl (C=O) groups excluding carboxylic acids is 1. The number of cyclic esters (lactones) is 1.